The first kappa shape index (κ1) is 18.9. The van der Waals surface area contributed by atoms with Gasteiger partial charge in [0.25, 0.3) is 11.1 Å². The average molecular weight is 366 g/mol. The fourth-order valence-corrected chi connectivity index (χ4v) is 2.70. The lowest BCUT2D eigenvalue weighted by molar-refractivity contribution is -0.127. The maximum Gasteiger partial charge on any atom is 0.277 e. The highest BCUT2D eigenvalue weighted by Gasteiger charge is 2.14. The van der Waals surface area contributed by atoms with Gasteiger partial charge in [0.1, 0.15) is 5.82 Å². The van der Waals surface area contributed by atoms with Crippen molar-refractivity contribution in [1.29, 1.82) is 0 Å². The van der Waals surface area contributed by atoms with Crippen LogP contribution in [0.1, 0.15) is 30.1 Å². The van der Waals surface area contributed by atoms with E-state index in [0.29, 0.717) is 18.7 Å². The van der Waals surface area contributed by atoms with Gasteiger partial charge >= 0.3 is 0 Å². The monoisotopic (exact) mass is 366 g/mol. The predicted octanol–water partition coefficient (Wildman–Crippen LogP) is 2.10. The Kier molecular flexibility index (Phi) is 6.93. The zero-order valence-corrected chi connectivity index (χ0v) is 14.8. The van der Waals surface area contributed by atoms with Crippen molar-refractivity contribution in [2.75, 3.05) is 18.8 Å². The lowest BCUT2D eigenvalue weighted by Crippen LogP contribution is -2.31. The maximum absolute atomic E-state index is 12.8. The molecule has 0 aliphatic rings. The lowest BCUT2D eigenvalue weighted by atomic mass is 10.2. The van der Waals surface area contributed by atoms with Gasteiger partial charge in [-0.05, 0) is 38.1 Å². The van der Waals surface area contributed by atoms with E-state index in [1.54, 1.807) is 4.90 Å². The minimum absolute atomic E-state index is 0.000590. The van der Waals surface area contributed by atoms with Crippen LogP contribution in [-0.4, -0.2) is 45.8 Å². The normalized spacial score (nSPS) is 10.5. The number of halogens is 1. The zero-order chi connectivity index (χ0) is 18.2. The van der Waals surface area contributed by atoms with Gasteiger partial charge in [0.2, 0.25) is 11.8 Å². The Labute approximate surface area is 149 Å². The lowest BCUT2D eigenvalue weighted by Gasteiger charge is -2.17. The second-order valence-electron chi connectivity index (χ2n) is 5.01. The van der Waals surface area contributed by atoms with Crippen molar-refractivity contribution < 1.29 is 18.4 Å². The molecule has 2 aromatic rings. The highest BCUT2D eigenvalue weighted by Crippen LogP contribution is 2.16. The number of hydrogen-bond acceptors (Lipinski definition) is 6. The van der Waals surface area contributed by atoms with Crippen molar-refractivity contribution in [3.8, 4) is 0 Å². The van der Waals surface area contributed by atoms with Gasteiger partial charge in [-0.25, -0.2) is 4.39 Å². The molecule has 0 atom stereocenters. The second-order valence-corrected chi connectivity index (χ2v) is 5.93. The van der Waals surface area contributed by atoms with Crippen LogP contribution in [0, 0.1) is 5.82 Å². The third-order valence-electron chi connectivity index (χ3n) is 3.39. The van der Waals surface area contributed by atoms with Crippen LogP contribution >= 0.6 is 11.8 Å². The summed E-state index contributed by atoms with van der Waals surface area (Å²) in [6.07, 6.45) is 0. The molecule has 1 aromatic carbocycles. The number of nitrogens with one attached hydrogen (secondary N) is 1. The molecule has 9 heteroatoms. The first-order valence-corrected chi connectivity index (χ1v) is 8.78. The largest absolute Gasteiger partial charge is 0.414 e. The summed E-state index contributed by atoms with van der Waals surface area (Å²) in [7, 11) is 0. The number of aromatic nitrogens is 2. The third kappa shape index (κ3) is 5.56. The molecule has 1 N–H and O–H groups in total. The van der Waals surface area contributed by atoms with Gasteiger partial charge in [-0.15, -0.1) is 10.2 Å². The summed E-state index contributed by atoms with van der Waals surface area (Å²) >= 11 is 1.15. The highest BCUT2D eigenvalue weighted by atomic mass is 32.2. The maximum atomic E-state index is 12.8. The van der Waals surface area contributed by atoms with E-state index in [9.17, 15) is 14.0 Å². The van der Waals surface area contributed by atoms with E-state index in [0.717, 1.165) is 11.8 Å². The quantitative estimate of drug-likeness (QED) is 0.720. The standard InChI is InChI=1S/C16H19FN4O3S/c1-3-21(4-2)14(22)10-25-16-20-19-13(24-16)9-18-15(23)11-5-7-12(17)8-6-11/h5-8H,3-4,9-10H2,1-2H3,(H,18,23). The van der Waals surface area contributed by atoms with Crippen LogP contribution in [0.15, 0.2) is 33.9 Å². The molecule has 0 spiro atoms. The first-order valence-electron chi connectivity index (χ1n) is 7.80. The van der Waals surface area contributed by atoms with Crippen LogP contribution in [0.2, 0.25) is 0 Å². The SMILES string of the molecule is CCN(CC)C(=O)CSc1nnc(CNC(=O)c2ccc(F)cc2)o1. The number of carbonyl (C=O) groups is 2. The summed E-state index contributed by atoms with van der Waals surface area (Å²) in [5.41, 5.74) is 0.334. The minimum Gasteiger partial charge on any atom is -0.414 e. The van der Waals surface area contributed by atoms with Crippen molar-refractivity contribution in [3.63, 3.8) is 0 Å². The van der Waals surface area contributed by atoms with Gasteiger partial charge in [0.05, 0.1) is 12.3 Å². The molecular weight excluding hydrogens is 347 g/mol. The Bertz CT molecular complexity index is 716. The van der Waals surface area contributed by atoms with Gasteiger partial charge in [0.15, 0.2) is 0 Å². The van der Waals surface area contributed by atoms with E-state index in [4.69, 9.17) is 4.42 Å². The Hall–Kier alpha value is -2.42. The molecule has 1 heterocycles. The number of thioether (sulfide) groups is 1. The molecular formula is C16H19FN4O3S. The Balaban J connectivity index is 1.82. The predicted molar refractivity (Wildman–Crippen MR) is 90.5 cm³/mol. The van der Waals surface area contributed by atoms with E-state index in [2.05, 4.69) is 15.5 Å². The van der Waals surface area contributed by atoms with Gasteiger partial charge in [-0.1, -0.05) is 11.8 Å². The van der Waals surface area contributed by atoms with Crippen LogP contribution in [0.5, 0.6) is 0 Å². The summed E-state index contributed by atoms with van der Waals surface area (Å²) in [5, 5.41) is 10.5. The van der Waals surface area contributed by atoms with E-state index >= 15 is 0 Å². The van der Waals surface area contributed by atoms with Gasteiger partial charge < -0.3 is 14.6 Å². The molecule has 0 fully saturated rings. The average Bonchev–Trinajstić information content (AvgIpc) is 3.07. The molecule has 0 aliphatic heterocycles. The summed E-state index contributed by atoms with van der Waals surface area (Å²) < 4.78 is 18.2. The highest BCUT2D eigenvalue weighted by molar-refractivity contribution is 7.99. The van der Waals surface area contributed by atoms with Crippen molar-refractivity contribution >= 4 is 23.6 Å². The molecule has 0 saturated heterocycles. The fraction of sp³-hybridized carbons (Fsp3) is 0.375. The molecule has 7 nitrogen and oxygen atoms in total. The molecule has 2 amide bonds. The number of rotatable bonds is 8. The number of nitrogens with zero attached hydrogens (tertiary/aromatic N) is 3. The minimum atomic E-state index is -0.408. The van der Waals surface area contributed by atoms with Gasteiger partial charge in [-0.3, -0.25) is 9.59 Å². The zero-order valence-electron chi connectivity index (χ0n) is 14.0. The van der Waals surface area contributed by atoms with E-state index in [-0.39, 0.29) is 35.2 Å². The molecule has 0 saturated carbocycles. The van der Waals surface area contributed by atoms with Crippen LogP contribution in [0.25, 0.3) is 0 Å². The van der Waals surface area contributed by atoms with E-state index in [1.165, 1.54) is 24.3 Å². The van der Waals surface area contributed by atoms with Gasteiger partial charge in [-0.2, -0.15) is 0 Å². The molecule has 2 rings (SSSR count). The molecule has 0 radical (unpaired) electrons. The van der Waals surface area contributed by atoms with Crippen LogP contribution in [0.3, 0.4) is 0 Å². The van der Waals surface area contributed by atoms with Crippen molar-refractivity contribution in [2.24, 2.45) is 0 Å². The molecule has 0 aliphatic carbocycles. The summed E-state index contributed by atoms with van der Waals surface area (Å²) in [5.74, 6) is -0.336. The number of hydrogen-bond donors (Lipinski definition) is 1. The van der Waals surface area contributed by atoms with Crippen LogP contribution in [0.4, 0.5) is 4.39 Å². The Morgan fingerprint density at radius 3 is 2.52 bits per heavy atom. The Morgan fingerprint density at radius 2 is 1.88 bits per heavy atom. The number of amides is 2. The molecule has 134 valence electrons. The fourth-order valence-electron chi connectivity index (χ4n) is 2.02. The van der Waals surface area contributed by atoms with Crippen molar-refractivity contribution in [2.45, 2.75) is 25.6 Å². The first-order chi connectivity index (χ1) is 12.0. The molecule has 25 heavy (non-hydrogen) atoms. The van der Waals surface area contributed by atoms with Crippen LogP contribution < -0.4 is 5.32 Å². The molecule has 1 aromatic heterocycles. The van der Waals surface area contributed by atoms with Gasteiger partial charge in [0, 0.05) is 18.7 Å². The summed E-state index contributed by atoms with van der Waals surface area (Å²) in [6.45, 7) is 5.19. The summed E-state index contributed by atoms with van der Waals surface area (Å²) in [6, 6.07) is 5.20. The molecule has 0 bridgehead atoms. The van der Waals surface area contributed by atoms with E-state index in [1.807, 2.05) is 13.8 Å². The summed E-state index contributed by atoms with van der Waals surface area (Å²) in [4.78, 5) is 25.5. The number of carbonyl (C=O) groups excluding carboxylic acids is 2. The van der Waals surface area contributed by atoms with Crippen molar-refractivity contribution in [3.05, 3.63) is 41.5 Å². The molecule has 0 unspecified atom stereocenters. The third-order valence-corrected chi connectivity index (χ3v) is 4.19. The second kappa shape index (κ2) is 9.16. The Morgan fingerprint density at radius 1 is 1.20 bits per heavy atom. The topological polar surface area (TPSA) is 88.3 Å². The van der Waals surface area contributed by atoms with Crippen molar-refractivity contribution in [1.82, 2.24) is 20.4 Å². The number of benzene rings is 1. The van der Waals surface area contributed by atoms with E-state index < -0.39 is 5.82 Å². The van der Waals surface area contributed by atoms with Crippen LogP contribution in [-0.2, 0) is 11.3 Å². The smallest absolute Gasteiger partial charge is 0.277 e.